The van der Waals surface area contributed by atoms with Crippen molar-refractivity contribution >= 4 is 73.9 Å². The maximum Gasteiger partial charge on any atom is 0.0540 e. The van der Waals surface area contributed by atoms with Gasteiger partial charge < -0.3 is 9.80 Å². The first-order valence-corrected chi connectivity index (χ1v) is 22.2. The van der Waals surface area contributed by atoms with Gasteiger partial charge in [0, 0.05) is 33.7 Å². The highest BCUT2D eigenvalue weighted by atomic mass is 15.1. The molecular weight excluding hydrogens is 773 g/mol. The molecule has 0 N–H and O–H groups in total. The number of fused-ring (bicyclic) bond motifs is 3. The Morgan fingerprint density at radius 2 is 0.844 bits per heavy atom. The number of benzene rings is 10. The molecular formula is C62H46N2. The molecule has 10 aromatic rings. The molecule has 11 rings (SSSR count). The normalized spacial score (nSPS) is 12.1. The molecule has 2 nitrogen and oxygen atoms in total. The lowest BCUT2D eigenvalue weighted by Gasteiger charge is -2.29. The average Bonchev–Trinajstić information content (AvgIpc) is 3.37. The van der Waals surface area contributed by atoms with E-state index in [4.69, 9.17) is 0 Å². The number of nitrogens with zero attached hydrogens (tertiary/aromatic N) is 2. The van der Waals surface area contributed by atoms with E-state index in [1.165, 1.54) is 60.6 Å². The second-order valence-corrected chi connectivity index (χ2v) is 16.5. The van der Waals surface area contributed by atoms with E-state index in [1.54, 1.807) is 0 Å². The van der Waals surface area contributed by atoms with Crippen molar-refractivity contribution in [2.24, 2.45) is 0 Å². The lowest BCUT2D eigenvalue weighted by molar-refractivity contribution is 0.984. The summed E-state index contributed by atoms with van der Waals surface area (Å²) < 4.78 is 0. The Bertz CT molecular complexity index is 3290. The molecule has 10 aromatic carbocycles. The van der Waals surface area contributed by atoms with E-state index >= 15 is 0 Å². The largest absolute Gasteiger partial charge is 0.310 e. The highest BCUT2D eigenvalue weighted by Gasteiger charge is 2.20. The van der Waals surface area contributed by atoms with Crippen molar-refractivity contribution in [1.82, 2.24) is 0 Å². The fourth-order valence-electron chi connectivity index (χ4n) is 9.19. The Kier molecular flexibility index (Phi) is 10.5. The minimum absolute atomic E-state index is 1.06. The topological polar surface area (TPSA) is 6.48 Å². The SMILES string of the molecule is C1=Cc2c(cccc2N(c2ccc(-c3ccccc3)cc2)c2ccc3cc(/C=C/c4ccc(N(c5ccc(-c6ccccc6)cc5)c5cccc6ccccc56)cc4)ccc3c2)CC1. The van der Waals surface area contributed by atoms with E-state index < -0.39 is 0 Å². The van der Waals surface area contributed by atoms with Gasteiger partial charge in [-0.2, -0.15) is 0 Å². The highest BCUT2D eigenvalue weighted by molar-refractivity contribution is 5.99. The first kappa shape index (κ1) is 38.7. The Labute approximate surface area is 376 Å². The predicted molar refractivity (Wildman–Crippen MR) is 274 cm³/mol. The summed E-state index contributed by atoms with van der Waals surface area (Å²) in [4.78, 5) is 4.79. The molecule has 0 heterocycles. The van der Waals surface area contributed by atoms with Crippen LogP contribution >= 0.6 is 0 Å². The molecule has 64 heavy (non-hydrogen) atoms. The quantitative estimate of drug-likeness (QED) is 0.127. The Morgan fingerprint density at radius 3 is 1.55 bits per heavy atom. The van der Waals surface area contributed by atoms with Crippen molar-refractivity contribution in [2.45, 2.75) is 12.8 Å². The number of anilines is 6. The molecule has 0 atom stereocenters. The van der Waals surface area contributed by atoms with Gasteiger partial charge >= 0.3 is 0 Å². The van der Waals surface area contributed by atoms with Gasteiger partial charge in [-0.1, -0.05) is 188 Å². The zero-order valence-corrected chi connectivity index (χ0v) is 35.6. The maximum absolute atomic E-state index is 2.42. The summed E-state index contributed by atoms with van der Waals surface area (Å²) in [6.07, 6.45) is 11.2. The summed E-state index contributed by atoms with van der Waals surface area (Å²) in [6.45, 7) is 0. The highest BCUT2D eigenvalue weighted by Crippen LogP contribution is 2.42. The number of rotatable bonds is 10. The standard InChI is InChI=1S/C62H46N2/c1-3-13-47(14-4-1)49-31-38-56(39-32-49)63(61-23-11-19-51-17-7-9-21-59(51)61)55-36-28-45(29-37-55)25-26-46-27-30-54-44-58(42-35-53(54)43-46)64(62-24-12-20-52-18-8-10-22-60(52)62)57-40-33-50(34-41-57)48-15-5-2-6-16-48/h1-7,9-17,19-44H,8,18H2/b26-25+. The van der Waals surface area contributed by atoms with E-state index in [-0.39, 0.29) is 0 Å². The van der Waals surface area contributed by atoms with Gasteiger partial charge in [-0.15, -0.1) is 0 Å². The van der Waals surface area contributed by atoms with Crippen LogP contribution in [0.5, 0.6) is 0 Å². The molecule has 0 radical (unpaired) electrons. The third-order valence-corrected chi connectivity index (χ3v) is 12.5. The van der Waals surface area contributed by atoms with Gasteiger partial charge in [0.25, 0.3) is 0 Å². The molecule has 1 aliphatic rings. The van der Waals surface area contributed by atoms with Crippen molar-refractivity contribution in [3.8, 4) is 22.3 Å². The zero-order chi connectivity index (χ0) is 42.7. The first-order chi connectivity index (χ1) is 31.7. The molecule has 0 unspecified atom stereocenters. The Morgan fingerprint density at radius 1 is 0.344 bits per heavy atom. The molecule has 0 saturated heterocycles. The second-order valence-electron chi connectivity index (χ2n) is 16.5. The summed E-state index contributed by atoms with van der Waals surface area (Å²) >= 11 is 0. The lowest BCUT2D eigenvalue weighted by atomic mass is 9.94. The number of hydrogen-bond acceptors (Lipinski definition) is 2. The fraction of sp³-hybridized carbons (Fsp3) is 0.0323. The smallest absolute Gasteiger partial charge is 0.0540 e. The van der Waals surface area contributed by atoms with Crippen LogP contribution in [0.25, 0.3) is 62.0 Å². The molecule has 0 spiro atoms. The summed E-state index contributed by atoms with van der Waals surface area (Å²) in [5.41, 5.74) is 16.7. The third kappa shape index (κ3) is 7.79. The molecule has 2 heteroatoms. The van der Waals surface area contributed by atoms with Crippen molar-refractivity contribution in [2.75, 3.05) is 9.80 Å². The van der Waals surface area contributed by atoms with Gasteiger partial charge in [-0.25, -0.2) is 0 Å². The molecule has 0 aromatic heterocycles. The van der Waals surface area contributed by atoms with Gasteiger partial charge in [0.05, 0.1) is 11.4 Å². The molecule has 0 saturated carbocycles. The number of aryl methyl sites for hydroxylation is 1. The van der Waals surface area contributed by atoms with E-state index in [9.17, 15) is 0 Å². The predicted octanol–water partition coefficient (Wildman–Crippen LogP) is 17.4. The molecule has 1 aliphatic carbocycles. The Hall–Kier alpha value is -8.20. The first-order valence-electron chi connectivity index (χ1n) is 22.2. The van der Waals surface area contributed by atoms with Crippen LogP contribution in [0.2, 0.25) is 0 Å². The van der Waals surface area contributed by atoms with Crippen LogP contribution in [0.4, 0.5) is 34.1 Å². The van der Waals surface area contributed by atoms with E-state index in [0.717, 1.165) is 52.4 Å². The number of allylic oxidation sites excluding steroid dienone is 1. The minimum atomic E-state index is 1.06. The maximum atomic E-state index is 2.42. The summed E-state index contributed by atoms with van der Waals surface area (Å²) in [5, 5.41) is 4.84. The molecule has 0 aliphatic heterocycles. The summed E-state index contributed by atoms with van der Waals surface area (Å²) in [5.74, 6) is 0. The van der Waals surface area contributed by atoms with Gasteiger partial charge in [-0.3, -0.25) is 0 Å². The summed E-state index contributed by atoms with van der Waals surface area (Å²) in [7, 11) is 0. The minimum Gasteiger partial charge on any atom is -0.310 e. The van der Waals surface area contributed by atoms with Crippen LogP contribution in [0.15, 0.2) is 237 Å². The van der Waals surface area contributed by atoms with Crippen LogP contribution in [0, 0.1) is 0 Å². The van der Waals surface area contributed by atoms with Crippen LogP contribution in [0.3, 0.4) is 0 Å². The average molecular weight is 819 g/mol. The van der Waals surface area contributed by atoms with E-state index in [1.807, 2.05) is 0 Å². The van der Waals surface area contributed by atoms with Crippen LogP contribution in [0.1, 0.15) is 28.7 Å². The van der Waals surface area contributed by atoms with Gasteiger partial charge in [0.2, 0.25) is 0 Å². The van der Waals surface area contributed by atoms with Crippen LogP contribution < -0.4 is 9.80 Å². The van der Waals surface area contributed by atoms with Gasteiger partial charge in [0.15, 0.2) is 0 Å². The van der Waals surface area contributed by atoms with Crippen molar-refractivity contribution < 1.29 is 0 Å². The summed E-state index contributed by atoms with van der Waals surface area (Å²) in [6, 6.07) is 83.5. The van der Waals surface area contributed by atoms with Crippen molar-refractivity contribution in [3.63, 3.8) is 0 Å². The van der Waals surface area contributed by atoms with Crippen LogP contribution in [-0.4, -0.2) is 0 Å². The molecule has 0 bridgehead atoms. The monoisotopic (exact) mass is 818 g/mol. The van der Waals surface area contributed by atoms with Crippen molar-refractivity contribution in [1.29, 1.82) is 0 Å². The molecule has 0 amide bonds. The fourth-order valence-corrected chi connectivity index (χ4v) is 9.19. The van der Waals surface area contributed by atoms with E-state index in [2.05, 4.69) is 265 Å². The third-order valence-electron chi connectivity index (χ3n) is 12.5. The molecule has 304 valence electrons. The number of hydrogen-bond donors (Lipinski definition) is 0. The lowest BCUT2D eigenvalue weighted by Crippen LogP contribution is -2.13. The van der Waals surface area contributed by atoms with Crippen LogP contribution in [-0.2, 0) is 6.42 Å². The molecule has 0 fully saturated rings. The van der Waals surface area contributed by atoms with Gasteiger partial charge in [0.1, 0.15) is 0 Å². The van der Waals surface area contributed by atoms with Gasteiger partial charge in [-0.05, 0) is 135 Å². The van der Waals surface area contributed by atoms with Crippen molar-refractivity contribution in [3.05, 3.63) is 259 Å². The Balaban J connectivity index is 0.886. The zero-order valence-electron chi connectivity index (χ0n) is 35.6. The second kappa shape index (κ2) is 17.3. The van der Waals surface area contributed by atoms with E-state index in [0.29, 0.717) is 0 Å².